The third-order valence-corrected chi connectivity index (χ3v) is 10.8. The van der Waals surface area contributed by atoms with E-state index in [4.69, 9.17) is 4.42 Å². The summed E-state index contributed by atoms with van der Waals surface area (Å²) in [6.07, 6.45) is 0. The minimum Gasteiger partial charge on any atom is -0.455 e. The van der Waals surface area contributed by atoms with Gasteiger partial charge in [-0.1, -0.05) is 127 Å². The summed E-state index contributed by atoms with van der Waals surface area (Å²) in [6.45, 7) is 0. The van der Waals surface area contributed by atoms with Crippen LogP contribution in [0.4, 0.5) is 17.1 Å². The van der Waals surface area contributed by atoms with Crippen LogP contribution in [0.3, 0.4) is 0 Å². The maximum atomic E-state index is 6.51. The molecule has 0 saturated carbocycles. The van der Waals surface area contributed by atoms with E-state index in [2.05, 4.69) is 175 Å². The summed E-state index contributed by atoms with van der Waals surface area (Å²) in [7, 11) is 0. The largest absolute Gasteiger partial charge is 0.455 e. The second kappa shape index (κ2) is 11.2. The van der Waals surface area contributed by atoms with Crippen molar-refractivity contribution in [2.45, 2.75) is 0 Å². The lowest BCUT2D eigenvalue weighted by Gasteiger charge is -2.28. The number of para-hydroxylation sites is 2. The second-order valence-corrected chi connectivity index (χ2v) is 13.6. The van der Waals surface area contributed by atoms with E-state index in [1.54, 1.807) is 0 Å². The Morgan fingerprint density at radius 2 is 1.10 bits per heavy atom. The molecule has 0 amide bonds. The molecule has 0 N–H and O–H groups in total. The molecule has 2 nitrogen and oxygen atoms in total. The first-order valence-electron chi connectivity index (χ1n) is 16.6. The van der Waals surface area contributed by atoms with Crippen LogP contribution in [0.2, 0.25) is 0 Å². The lowest BCUT2D eigenvalue weighted by atomic mass is 9.96. The van der Waals surface area contributed by atoms with Gasteiger partial charge in [-0.3, -0.25) is 0 Å². The summed E-state index contributed by atoms with van der Waals surface area (Å²) in [5.74, 6) is 0. The number of benzene rings is 8. The van der Waals surface area contributed by atoms with Gasteiger partial charge < -0.3 is 9.32 Å². The number of furan rings is 1. The zero-order chi connectivity index (χ0) is 32.3. The number of hydrogen-bond donors (Lipinski definition) is 0. The standard InChI is InChI=1S/C46H29NOS/c1-2-11-30(12-3-1)35-14-4-7-18-41(35)47(34-26-28-39-38-16-6-9-20-43(38)49-44(39)29-34)33-24-21-31(22-25-33)36-17-10-13-32-23-27-40-37-15-5-8-19-42(37)48-46(40)45(32)36/h1-29H. The van der Waals surface area contributed by atoms with Gasteiger partial charge in [0, 0.05) is 53.3 Å². The molecular formula is C46H29NOS. The van der Waals surface area contributed by atoms with E-state index < -0.39 is 0 Å². The van der Waals surface area contributed by atoms with Crippen molar-refractivity contribution in [2.75, 3.05) is 4.90 Å². The minimum atomic E-state index is 0.915. The SMILES string of the molecule is c1ccc(-c2ccccc2N(c2ccc(-c3cccc4ccc5c6ccccc6oc5c34)cc2)c2ccc3c(c2)sc2ccccc23)cc1. The molecule has 0 fully saturated rings. The molecule has 2 aromatic heterocycles. The topological polar surface area (TPSA) is 16.4 Å². The Hall–Kier alpha value is -6.16. The lowest BCUT2D eigenvalue weighted by molar-refractivity contribution is 0.673. The van der Waals surface area contributed by atoms with Crippen LogP contribution in [0.1, 0.15) is 0 Å². The molecule has 8 aromatic carbocycles. The first kappa shape index (κ1) is 27.9. The van der Waals surface area contributed by atoms with Crippen molar-refractivity contribution in [3.63, 3.8) is 0 Å². The molecule has 3 heteroatoms. The molecule has 0 bridgehead atoms. The Bertz CT molecular complexity index is 2830. The van der Waals surface area contributed by atoms with Gasteiger partial charge in [0.05, 0.1) is 5.69 Å². The van der Waals surface area contributed by atoms with Crippen molar-refractivity contribution in [1.29, 1.82) is 0 Å². The van der Waals surface area contributed by atoms with E-state index in [-0.39, 0.29) is 0 Å². The summed E-state index contributed by atoms with van der Waals surface area (Å²) < 4.78 is 9.10. The van der Waals surface area contributed by atoms with Crippen LogP contribution in [0, 0.1) is 0 Å². The molecule has 0 aliphatic heterocycles. The third kappa shape index (κ3) is 4.55. The first-order valence-corrected chi connectivity index (χ1v) is 17.4. The Kier molecular flexibility index (Phi) is 6.39. The van der Waals surface area contributed by atoms with Crippen LogP contribution < -0.4 is 4.90 Å². The number of nitrogens with zero attached hydrogens (tertiary/aromatic N) is 1. The van der Waals surface area contributed by atoms with Gasteiger partial charge in [0.25, 0.3) is 0 Å². The van der Waals surface area contributed by atoms with Crippen LogP contribution in [0.25, 0.3) is 75.1 Å². The third-order valence-electron chi connectivity index (χ3n) is 9.67. The van der Waals surface area contributed by atoms with Crippen molar-refractivity contribution in [3.8, 4) is 22.3 Å². The highest BCUT2D eigenvalue weighted by Crippen LogP contribution is 2.45. The molecule has 0 atom stereocenters. The van der Waals surface area contributed by atoms with E-state index in [9.17, 15) is 0 Å². The quantitative estimate of drug-likeness (QED) is 0.186. The van der Waals surface area contributed by atoms with Crippen LogP contribution in [-0.4, -0.2) is 0 Å². The highest BCUT2D eigenvalue weighted by molar-refractivity contribution is 7.25. The maximum absolute atomic E-state index is 6.51. The monoisotopic (exact) mass is 643 g/mol. The molecule has 10 rings (SSSR count). The zero-order valence-electron chi connectivity index (χ0n) is 26.5. The average molecular weight is 644 g/mol. The Balaban J connectivity index is 1.16. The number of anilines is 3. The van der Waals surface area contributed by atoms with Crippen LogP contribution >= 0.6 is 11.3 Å². The fourth-order valence-corrected chi connectivity index (χ4v) is 8.53. The van der Waals surface area contributed by atoms with Gasteiger partial charge in [-0.2, -0.15) is 0 Å². The summed E-state index contributed by atoms with van der Waals surface area (Å²) in [5.41, 5.74) is 9.91. The van der Waals surface area contributed by atoms with Crippen LogP contribution in [-0.2, 0) is 0 Å². The highest BCUT2D eigenvalue weighted by Gasteiger charge is 2.19. The number of fused-ring (bicyclic) bond motifs is 8. The van der Waals surface area contributed by atoms with E-state index >= 15 is 0 Å². The van der Waals surface area contributed by atoms with E-state index in [0.717, 1.165) is 55.5 Å². The molecule has 10 aromatic rings. The van der Waals surface area contributed by atoms with Gasteiger partial charge >= 0.3 is 0 Å². The predicted octanol–water partition coefficient (Wildman–Crippen LogP) is 13.9. The number of thiophene rings is 1. The van der Waals surface area contributed by atoms with Gasteiger partial charge in [-0.25, -0.2) is 0 Å². The number of rotatable bonds is 5. The summed E-state index contributed by atoms with van der Waals surface area (Å²) in [4.78, 5) is 2.40. The summed E-state index contributed by atoms with van der Waals surface area (Å²) in [5, 5.41) is 7.21. The normalized spacial score (nSPS) is 11.7. The van der Waals surface area contributed by atoms with Crippen LogP contribution in [0.15, 0.2) is 180 Å². The zero-order valence-corrected chi connectivity index (χ0v) is 27.3. The Morgan fingerprint density at radius 3 is 2.00 bits per heavy atom. The van der Waals surface area contributed by atoms with E-state index in [1.807, 2.05) is 17.4 Å². The van der Waals surface area contributed by atoms with Gasteiger partial charge in [0.2, 0.25) is 0 Å². The molecule has 0 aliphatic carbocycles. The molecule has 0 aliphatic rings. The summed E-state index contributed by atoms with van der Waals surface area (Å²) in [6, 6.07) is 63.2. The average Bonchev–Trinajstić information content (AvgIpc) is 3.74. The molecule has 230 valence electrons. The number of hydrogen-bond acceptors (Lipinski definition) is 3. The summed E-state index contributed by atoms with van der Waals surface area (Å²) >= 11 is 1.85. The second-order valence-electron chi connectivity index (χ2n) is 12.5. The fourth-order valence-electron chi connectivity index (χ4n) is 7.39. The van der Waals surface area contributed by atoms with Crippen molar-refractivity contribution in [3.05, 3.63) is 176 Å². The molecular weight excluding hydrogens is 615 g/mol. The van der Waals surface area contributed by atoms with Gasteiger partial charge in [-0.05, 0) is 70.6 Å². The lowest BCUT2D eigenvalue weighted by Crippen LogP contribution is -2.11. The molecule has 0 unspecified atom stereocenters. The maximum Gasteiger partial charge on any atom is 0.143 e. The van der Waals surface area contributed by atoms with Gasteiger partial charge in [0.15, 0.2) is 0 Å². The minimum absolute atomic E-state index is 0.915. The van der Waals surface area contributed by atoms with Gasteiger partial charge in [0.1, 0.15) is 11.2 Å². The highest BCUT2D eigenvalue weighted by atomic mass is 32.1. The van der Waals surface area contributed by atoms with E-state index in [0.29, 0.717) is 0 Å². The van der Waals surface area contributed by atoms with E-state index in [1.165, 1.54) is 36.7 Å². The molecule has 49 heavy (non-hydrogen) atoms. The van der Waals surface area contributed by atoms with Crippen LogP contribution in [0.5, 0.6) is 0 Å². The molecule has 0 saturated heterocycles. The molecule has 0 spiro atoms. The van der Waals surface area contributed by atoms with Gasteiger partial charge in [-0.15, -0.1) is 11.3 Å². The smallest absolute Gasteiger partial charge is 0.143 e. The molecule has 0 radical (unpaired) electrons. The van der Waals surface area contributed by atoms with Crippen molar-refractivity contribution < 1.29 is 4.42 Å². The van der Waals surface area contributed by atoms with Crippen molar-refractivity contribution in [2.24, 2.45) is 0 Å². The fraction of sp³-hybridized carbons (Fsp3) is 0. The predicted molar refractivity (Wildman–Crippen MR) is 210 cm³/mol. The van der Waals surface area contributed by atoms with Crippen molar-refractivity contribution >= 4 is 81.3 Å². The Labute approximate surface area is 287 Å². The first-order chi connectivity index (χ1) is 24.3. The van der Waals surface area contributed by atoms with Crippen molar-refractivity contribution in [1.82, 2.24) is 0 Å². The molecule has 2 heterocycles. The Morgan fingerprint density at radius 1 is 0.429 bits per heavy atom.